The average molecular weight is 393 g/mol. The Balaban J connectivity index is 2.00. The second-order valence-corrected chi connectivity index (χ2v) is 5.61. The first-order chi connectivity index (χ1) is 11.5. The van der Waals surface area contributed by atoms with Crippen LogP contribution >= 0.6 is 15.9 Å². The zero-order valence-electron chi connectivity index (χ0n) is 12.8. The molecule has 2 rings (SSSR count). The van der Waals surface area contributed by atoms with E-state index in [-0.39, 0.29) is 18.2 Å². The first-order valence-corrected chi connectivity index (χ1v) is 7.76. The molecule has 0 saturated carbocycles. The highest BCUT2D eigenvalue weighted by molar-refractivity contribution is 9.10. The molecule has 0 bridgehead atoms. The van der Waals surface area contributed by atoms with Gasteiger partial charge in [-0.25, -0.2) is 9.18 Å². The van der Waals surface area contributed by atoms with Crippen molar-refractivity contribution in [3.63, 3.8) is 0 Å². The van der Waals surface area contributed by atoms with Crippen LogP contribution in [0.1, 0.15) is 15.9 Å². The number of hydrogen-bond acceptors (Lipinski definition) is 4. The molecule has 0 radical (unpaired) electrons. The van der Waals surface area contributed by atoms with E-state index in [9.17, 15) is 14.0 Å². The third-order valence-electron chi connectivity index (χ3n) is 3.09. The molecule has 24 heavy (non-hydrogen) atoms. The summed E-state index contributed by atoms with van der Waals surface area (Å²) >= 11 is 3.10. The van der Waals surface area contributed by atoms with Gasteiger partial charge in [-0.05, 0) is 64.0 Å². The average Bonchev–Trinajstić information content (AvgIpc) is 2.60. The van der Waals surface area contributed by atoms with Gasteiger partial charge in [0.1, 0.15) is 11.6 Å². The summed E-state index contributed by atoms with van der Waals surface area (Å²) in [6.45, 7) is -0.191. The summed E-state index contributed by atoms with van der Waals surface area (Å²) in [6, 6.07) is 10.9. The molecule has 0 aliphatic rings. The molecule has 2 aromatic rings. The third kappa shape index (κ3) is 5.03. The predicted molar refractivity (Wildman–Crippen MR) is 91.4 cm³/mol. The highest BCUT2D eigenvalue weighted by Gasteiger charge is 2.05. The number of ether oxygens (including phenoxy) is 2. The summed E-state index contributed by atoms with van der Waals surface area (Å²) in [5.41, 5.74) is 1.17. The molecule has 0 fully saturated rings. The molecule has 0 spiro atoms. The van der Waals surface area contributed by atoms with Gasteiger partial charge in [0.15, 0.2) is 12.4 Å². The van der Waals surface area contributed by atoms with Crippen molar-refractivity contribution in [2.75, 3.05) is 13.7 Å². The van der Waals surface area contributed by atoms with Crippen molar-refractivity contribution in [2.24, 2.45) is 0 Å². The number of esters is 1. The lowest BCUT2D eigenvalue weighted by atomic mass is 10.1. The number of ketones is 1. The van der Waals surface area contributed by atoms with E-state index in [2.05, 4.69) is 20.7 Å². The number of methoxy groups -OCH3 is 1. The van der Waals surface area contributed by atoms with Crippen LogP contribution in [0.15, 0.2) is 53.0 Å². The molecule has 0 saturated heterocycles. The molecule has 4 nitrogen and oxygen atoms in total. The molecule has 0 unspecified atom stereocenters. The minimum absolute atomic E-state index is 0.191. The van der Waals surface area contributed by atoms with Gasteiger partial charge in [-0.15, -0.1) is 0 Å². The fourth-order valence-corrected chi connectivity index (χ4v) is 2.20. The van der Waals surface area contributed by atoms with Gasteiger partial charge in [0.2, 0.25) is 0 Å². The van der Waals surface area contributed by atoms with Crippen molar-refractivity contribution in [1.29, 1.82) is 0 Å². The Morgan fingerprint density at radius 1 is 1.17 bits per heavy atom. The summed E-state index contributed by atoms with van der Waals surface area (Å²) < 4.78 is 23.2. The van der Waals surface area contributed by atoms with Crippen molar-refractivity contribution in [2.45, 2.75) is 0 Å². The molecule has 0 atom stereocenters. The van der Waals surface area contributed by atoms with E-state index in [1.807, 2.05) is 0 Å². The van der Waals surface area contributed by atoms with Crippen molar-refractivity contribution in [3.8, 4) is 5.75 Å². The Labute approximate surface area is 147 Å². The van der Waals surface area contributed by atoms with Crippen molar-refractivity contribution in [3.05, 3.63) is 70.0 Å². The van der Waals surface area contributed by atoms with E-state index in [0.717, 1.165) is 0 Å². The molecule has 0 N–H and O–H groups in total. The zero-order valence-corrected chi connectivity index (χ0v) is 14.4. The number of carbonyl (C=O) groups excluding carboxylic acids is 2. The lowest BCUT2D eigenvalue weighted by Crippen LogP contribution is -2.12. The quantitative estimate of drug-likeness (QED) is 0.423. The largest absolute Gasteiger partial charge is 0.482 e. The maximum absolute atomic E-state index is 13.2. The molecule has 0 heterocycles. The minimum atomic E-state index is -0.483. The SMILES string of the molecule is COC(=O)COc1ccc(C(=O)C=Cc2ccc(F)c(Br)c2)cc1. The Kier molecular flexibility index (Phi) is 6.26. The third-order valence-corrected chi connectivity index (χ3v) is 3.70. The minimum Gasteiger partial charge on any atom is -0.482 e. The predicted octanol–water partition coefficient (Wildman–Crippen LogP) is 4.04. The molecular weight excluding hydrogens is 379 g/mol. The lowest BCUT2D eigenvalue weighted by Gasteiger charge is -2.05. The molecule has 6 heteroatoms. The highest BCUT2D eigenvalue weighted by Crippen LogP contribution is 2.18. The highest BCUT2D eigenvalue weighted by atomic mass is 79.9. The molecule has 0 aromatic heterocycles. The summed E-state index contributed by atoms with van der Waals surface area (Å²) in [7, 11) is 1.28. The van der Waals surface area contributed by atoms with Crippen LogP contribution < -0.4 is 4.74 Å². The second kappa shape index (κ2) is 8.40. The van der Waals surface area contributed by atoms with Gasteiger partial charge in [-0.3, -0.25) is 4.79 Å². The number of rotatable bonds is 6. The van der Waals surface area contributed by atoms with Crippen LogP contribution in [0.5, 0.6) is 5.75 Å². The smallest absolute Gasteiger partial charge is 0.343 e. The van der Waals surface area contributed by atoms with Crippen LogP contribution in [0.4, 0.5) is 4.39 Å². The van der Waals surface area contributed by atoms with Gasteiger partial charge >= 0.3 is 5.97 Å². The number of carbonyl (C=O) groups is 2. The van der Waals surface area contributed by atoms with E-state index in [4.69, 9.17) is 4.74 Å². The number of hydrogen-bond donors (Lipinski definition) is 0. The van der Waals surface area contributed by atoms with Crippen LogP contribution in [0.2, 0.25) is 0 Å². The summed E-state index contributed by atoms with van der Waals surface area (Å²) in [5, 5.41) is 0. The van der Waals surface area contributed by atoms with Crippen molar-refractivity contribution in [1.82, 2.24) is 0 Å². The normalized spacial score (nSPS) is 10.6. The number of benzene rings is 2. The number of allylic oxidation sites excluding steroid dienone is 1. The summed E-state index contributed by atoms with van der Waals surface area (Å²) in [6.07, 6.45) is 3.01. The van der Waals surface area contributed by atoms with Crippen LogP contribution in [-0.4, -0.2) is 25.5 Å². The Morgan fingerprint density at radius 3 is 2.50 bits per heavy atom. The lowest BCUT2D eigenvalue weighted by molar-refractivity contribution is -0.142. The van der Waals surface area contributed by atoms with Crippen molar-refractivity contribution >= 4 is 33.8 Å². The van der Waals surface area contributed by atoms with E-state index in [0.29, 0.717) is 21.3 Å². The molecule has 124 valence electrons. The maximum Gasteiger partial charge on any atom is 0.343 e. The molecule has 0 aliphatic carbocycles. The van der Waals surface area contributed by atoms with Crippen LogP contribution in [0.3, 0.4) is 0 Å². The van der Waals surface area contributed by atoms with Gasteiger partial charge in [0.05, 0.1) is 11.6 Å². The van der Waals surface area contributed by atoms with Crippen molar-refractivity contribution < 1.29 is 23.5 Å². The van der Waals surface area contributed by atoms with E-state index in [1.54, 1.807) is 42.5 Å². The van der Waals surface area contributed by atoms with E-state index >= 15 is 0 Å². The monoisotopic (exact) mass is 392 g/mol. The zero-order chi connectivity index (χ0) is 17.5. The first kappa shape index (κ1) is 17.9. The summed E-state index contributed by atoms with van der Waals surface area (Å²) in [5.74, 6) is -0.581. The Morgan fingerprint density at radius 2 is 1.88 bits per heavy atom. The fraction of sp³-hybridized carbons (Fsp3) is 0.111. The van der Waals surface area contributed by atoms with Crippen LogP contribution in [0, 0.1) is 5.82 Å². The molecule has 0 aliphatic heterocycles. The number of halogens is 2. The topological polar surface area (TPSA) is 52.6 Å². The molecule has 0 amide bonds. The second-order valence-electron chi connectivity index (χ2n) is 4.76. The van der Waals surface area contributed by atoms with Crippen LogP contribution in [-0.2, 0) is 9.53 Å². The van der Waals surface area contributed by atoms with Gasteiger partial charge in [0.25, 0.3) is 0 Å². The van der Waals surface area contributed by atoms with Gasteiger partial charge in [-0.1, -0.05) is 12.1 Å². The Bertz CT molecular complexity index is 769. The maximum atomic E-state index is 13.2. The fourth-order valence-electron chi connectivity index (χ4n) is 1.80. The van der Waals surface area contributed by atoms with Gasteiger partial charge < -0.3 is 9.47 Å². The standard InChI is InChI=1S/C18H14BrFO4/c1-23-18(22)11-24-14-6-4-13(5-7-14)17(21)9-3-12-2-8-16(20)15(19)10-12/h2-10H,11H2,1H3. The first-order valence-electron chi connectivity index (χ1n) is 6.97. The van der Waals surface area contributed by atoms with Crippen LogP contribution in [0.25, 0.3) is 6.08 Å². The molecular formula is C18H14BrFO4. The van der Waals surface area contributed by atoms with Gasteiger partial charge in [-0.2, -0.15) is 0 Å². The van der Waals surface area contributed by atoms with Gasteiger partial charge in [0, 0.05) is 5.56 Å². The van der Waals surface area contributed by atoms with E-state index in [1.165, 1.54) is 19.3 Å². The Hall–Kier alpha value is -2.47. The molecule has 2 aromatic carbocycles. The van der Waals surface area contributed by atoms with E-state index < -0.39 is 5.97 Å². The summed E-state index contributed by atoms with van der Waals surface area (Å²) in [4.78, 5) is 23.1.